The quantitative estimate of drug-likeness (QED) is 0.565. The average Bonchev–Trinajstić information content (AvgIpc) is 2.54. The predicted octanol–water partition coefficient (Wildman–Crippen LogP) is 3.82. The van der Waals surface area contributed by atoms with Crippen molar-refractivity contribution in [3.8, 4) is 11.1 Å². The number of hydrogen-bond acceptors (Lipinski definition) is 1. The molecule has 0 unspecified atom stereocenters. The number of carbonyl (C=O) groups excluding carboxylic acids is 1. The van der Waals surface area contributed by atoms with Crippen molar-refractivity contribution < 1.29 is 4.79 Å². The van der Waals surface area contributed by atoms with Gasteiger partial charge in [0.25, 0.3) is 0 Å². The topological polar surface area (TPSA) is 17.1 Å². The highest BCUT2D eigenvalue weighted by atomic mass is 16.1. The SMILES string of the molecule is Cc1cc(C)c2c(c1)-c1c(C)cccc1C2=O. The van der Waals surface area contributed by atoms with Crippen molar-refractivity contribution in [1.82, 2.24) is 0 Å². The van der Waals surface area contributed by atoms with Gasteiger partial charge in [0.2, 0.25) is 0 Å². The van der Waals surface area contributed by atoms with E-state index in [0.29, 0.717) is 0 Å². The van der Waals surface area contributed by atoms with Gasteiger partial charge in [-0.2, -0.15) is 0 Å². The van der Waals surface area contributed by atoms with Crippen molar-refractivity contribution in [2.45, 2.75) is 20.8 Å². The molecule has 0 atom stereocenters. The molecule has 1 aliphatic carbocycles. The highest BCUT2D eigenvalue weighted by Crippen LogP contribution is 2.40. The van der Waals surface area contributed by atoms with E-state index in [9.17, 15) is 4.79 Å². The Morgan fingerprint density at radius 1 is 0.824 bits per heavy atom. The summed E-state index contributed by atoms with van der Waals surface area (Å²) in [5, 5.41) is 0. The zero-order valence-corrected chi connectivity index (χ0v) is 10.3. The Hall–Kier alpha value is -1.89. The summed E-state index contributed by atoms with van der Waals surface area (Å²) in [7, 11) is 0. The Kier molecular flexibility index (Phi) is 1.99. The second-order valence-electron chi connectivity index (χ2n) is 4.83. The van der Waals surface area contributed by atoms with Crippen molar-refractivity contribution in [3.05, 3.63) is 58.1 Å². The molecule has 17 heavy (non-hydrogen) atoms. The highest BCUT2D eigenvalue weighted by molar-refractivity contribution is 6.23. The van der Waals surface area contributed by atoms with E-state index in [1.807, 2.05) is 19.1 Å². The van der Waals surface area contributed by atoms with Crippen molar-refractivity contribution in [1.29, 1.82) is 0 Å². The molecular formula is C16H14O. The molecule has 0 saturated heterocycles. The van der Waals surface area contributed by atoms with Crippen LogP contribution in [0.3, 0.4) is 0 Å². The van der Waals surface area contributed by atoms with Crippen LogP contribution in [0, 0.1) is 20.8 Å². The van der Waals surface area contributed by atoms with E-state index >= 15 is 0 Å². The van der Waals surface area contributed by atoms with Gasteiger partial charge in [0.15, 0.2) is 5.78 Å². The van der Waals surface area contributed by atoms with Crippen LogP contribution < -0.4 is 0 Å². The summed E-state index contributed by atoms with van der Waals surface area (Å²) in [6, 6.07) is 10.2. The molecule has 0 fully saturated rings. The van der Waals surface area contributed by atoms with Gasteiger partial charge in [0.05, 0.1) is 0 Å². The van der Waals surface area contributed by atoms with Crippen LogP contribution >= 0.6 is 0 Å². The van der Waals surface area contributed by atoms with E-state index in [0.717, 1.165) is 27.8 Å². The van der Waals surface area contributed by atoms with E-state index in [1.165, 1.54) is 11.1 Å². The lowest BCUT2D eigenvalue weighted by molar-refractivity contribution is 0.104. The average molecular weight is 222 g/mol. The predicted molar refractivity (Wildman–Crippen MR) is 69.5 cm³/mol. The van der Waals surface area contributed by atoms with Crippen molar-refractivity contribution in [2.24, 2.45) is 0 Å². The summed E-state index contributed by atoms with van der Waals surface area (Å²) in [5.41, 5.74) is 7.46. The fraction of sp³-hybridized carbons (Fsp3) is 0.188. The zero-order chi connectivity index (χ0) is 12.2. The van der Waals surface area contributed by atoms with E-state index in [4.69, 9.17) is 0 Å². The Morgan fingerprint density at radius 2 is 1.59 bits per heavy atom. The summed E-state index contributed by atoms with van der Waals surface area (Å²) in [5.74, 6) is 0.177. The highest BCUT2D eigenvalue weighted by Gasteiger charge is 2.29. The Morgan fingerprint density at radius 3 is 2.35 bits per heavy atom. The number of hydrogen-bond donors (Lipinski definition) is 0. The molecule has 3 rings (SSSR count). The number of aryl methyl sites for hydroxylation is 3. The Labute approximate surface area is 101 Å². The smallest absolute Gasteiger partial charge is 0.194 e. The summed E-state index contributed by atoms with van der Waals surface area (Å²) in [4.78, 5) is 12.4. The number of benzene rings is 2. The van der Waals surface area contributed by atoms with E-state index < -0.39 is 0 Å². The fourth-order valence-electron chi connectivity index (χ4n) is 2.82. The van der Waals surface area contributed by atoms with Crippen LogP contribution in [0.2, 0.25) is 0 Å². The van der Waals surface area contributed by atoms with Crippen molar-refractivity contribution in [3.63, 3.8) is 0 Å². The minimum absolute atomic E-state index is 0.177. The van der Waals surface area contributed by atoms with E-state index in [-0.39, 0.29) is 5.78 Å². The van der Waals surface area contributed by atoms with Gasteiger partial charge in [0.1, 0.15) is 0 Å². The summed E-state index contributed by atoms with van der Waals surface area (Å²) < 4.78 is 0. The summed E-state index contributed by atoms with van der Waals surface area (Å²) in [6.07, 6.45) is 0. The molecule has 0 aromatic heterocycles. The fourth-order valence-corrected chi connectivity index (χ4v) is 2.82. The van der Waals surface area contributed by atoms with Crippen LogP contribution in [-0.4, -0.2) is 5.78 Å². The third-order valence-electron chi connectivity index (χ3n) is 3.49. The lowest BCUT2D eigenvalue weighted by atomic mass is 9.97. The van der Waals surface area contributed by atoms with Crippen molar-refractivity contribution in [2.75, 3.05) is 0 Å². The molecule has 2 aromatic rings. The maximum absolute atomic E-state index is 12.4. The van der Waals surface area contributed by atoms with E-state index in [1.54, 1.807) is 0 Å². The van der Waals surface area contributed by atoms with Gasteiger partial charge < -0.3 is 0 Å². The molecule has 0 spiro atoms. The Balaban J connectivity index is 2.46. The van der Waals surface area contributed by atoms with Gasteiger partial charge in [-0.1, -0.05) is 35.9 Å². The van der Waals surface area contributed by atoms with Gasteiger partial charge in [-0.25, -0.2) is 0 Å². The molecule has 0 saturated carbocycles. The molecule has 2 aromatic carbocycles. The molecule has 0 amide bonds. The van der Waals surface area contributed by atoms with Gasteiger partial charge in [0, 0.05) is 11.1 Å². The molecule has 1 aliphatic rings. The number of ketones is 1. The summed E-state index contributed by atoms with van der Waals surface area (Å²) >= 11 is 0. The lowest BCUT2D eigenvalue weighted by Gasteiger charge is -2.06. The number of carbonyl (C=O) groups is 1. The first-order valence-electron chi connectivity index (χ1n) is 5.85. The largest absolute Gasteiger partial charge is 0.289 e. The minimum atomic E-state index is 0.177. The molecule has 0 bridgehead atoms. The van der Waals surface area contributed by atoms with Gasteiger partial charge in [-0.15, -0.1) is 0 Å². The second kappa shape index (κ2) is 3.30. The molecular weight excluding hydrogens is 208 g/mol. The maximum atomic E-state index is 12.4. The molecule has 0 heterocycles. The van der Waals surface area contributed by atoms with Gasteiger partial charge in [-0.3, -0.25) is 4.79 Å². The first-order chi connectivity index (χ1) is 8.09. The molecule has 0 radical (unpaired) electrons. The molecule has 1 nitrogen and oxygen atoms in total. The molecule has 1 heteroatoms. The van der Waals surface area contributed by atoms with Crippen LogP contribution in [0.5, 0.6) is 0 Å². The zero-order valence-electron chi connectivity index (χ0n) is 10.3. The van der Waals surface area contributed by atoms with Crippen molar-refractivity contribution >= 4 is 5.78 Å². The van der Waals surface area contributed by atoms with Crippen LogP contribution in [0.15, 0.2) is 30.3 Å². The third kappa shape index (κ3) is 1.29. The van der Waals surface area contributed by atoms with Crippen LogP contribution in [0.4, 0.5) is 0 Å². The van der Waals surface area contributed by atoms with Crippen LogP contribution in [0.25, 0.3) is 11.1 Å². The Bertz CT molecular complexity index is 651. The number of fused-ring (bicyclic) bond motifs is 3. The first kappa shape index (κ1) is 10.3. The minimum Gasteiger partial charge on any atom is -0.289 e. The van der Waals surface area contributed by atoms with Gasteiger partial charge >= 0.3 is 0 Å². The second-order valence-corrected chi connectivity index (χ2v) is 4.83. The van der Waals surface area contributed by atoms with E-state index in [2.05, 4.69) is 32.0 Å². The van der Waals surface area contributed by atoms with Gasteiger partial charge in [-0.05, 0) is 43.0 Å². The third-order valence-corrected chi connectivity index (χ3v) is 3.49. The first-order valence-corrected chi connectivity index (χ1v) is 5.85. The van der Waals surface area contributed by atoms with Crippen LogP contribution in [0.1, 0.15) is 32.6 Å². The summed E-state index contributed by atoms with van der Waals surface area (Å²) in [6.45, 7) is 6.16. The molecule has 0 N–H and O–H groups in total. The lowest BCUT2D eigenvalue weighted by Crippen LogP contribution is -1.98. The molecule has 84 valence electrons. The molecule has 0 aliphatic heterocycles. The maximum Gasteiger partial charge on any atom is 0.194 e. The van der Waals surface area contributed by atoms with Crippen LogP contribution in [-0.2, 0) is 0 Å². The number of rotatable bonds is 0. The standard InChI is InChI=1S/C16H14O/c1-9-7-11(3)15-13(8-9)14-10(2)5-4-6-12(14)16(15)17/h4-8H,1-3H3. The normalized spacial score (nSPS) is 12.5. The monoisotopic (exact) mass is 222 g/mol.